The van der Waals surface area contributed by atoms with E-state index in [9.17, 15) is 24.5 Å². The minimum absolute atomic E-state index is 0.125. The number of hydrogen-bond donors (Lipinski definition) is 0. The number of benzene rings is 2. The summed E-state index contributed by atoms with van der Waals surface area (Å²) in [4.78, 5) is 50.2. The molecule has 0 saturated heterocycles. The van der Waals surface area contributed by atoms with Crippen molar-refractivity contribution in [3.05, 3.63) is 74.8 Å². The first kappa shape index (κ1) is 22.4. The minimum atomic E-state index is -1.92. The second-order valence-corrected chi connectivity index (χ2v) is 7.67. The molecule has 0 heterocycles. The summed E-state index contributed by atoms with van der Waals surface area (Å²) in [7, 11) is 2.26. The molecule has 8 nitrogen and oxygen atoms in total. The number of esters is 2. The highest BCUT2D eigenvalue weighted by atomic mass is 35.5. The van der Waals surface area contributed by atoms with Crippen LogP contribution in [0.3, 0.4) is 0 Å². The Bertz CT molecular complexity index is 1030. The van der Waals surface area contributed by atoms with Crippen molar-refractivity contribution in [1.29, 1.82) is 0 Å². The zero-order chi connectivity index (χ0) is 23.0. The largest absolute Gasteiger partial charge is 0.468 e. The molecule has 2 aromatic carbocycles. The third-order valence-corrected chi connectivity index (χ3v) is 6.32. The Hall–Kier alpha value is -3.26. The molecule has 3 rings (SSSR count). The predicted molar refractivity (Wildman–Crippen MR) is 111 cm³/mol. The summed E-state index contributed by atoms with van der Waals surface area (Å²) in [6.07, 6.45) is 0.125. The van der Waals surface area contributed by atoms with Gasteiger partial charge in [0, 0.05) is 28.6 Å². The van der Waals surface area contributed by atoms with E-state index in [1.54, 1.807) is 19.1 Å². The molecule has 0 aromatic heterocycles. The van der Waals surface area contributed by atoms with Crippen molar-refractivity contribution in [3.63, 3.8) is 0 Å². The van der Waals surface area contributed by atoms with Gasteiger partial charge >= 0.3 is 11.9 Å². The van der Waals surface area contributed by atoms with Crippen LogP contribution < -0.4 is 0 Å². The number of non-ortho nitro benzene ring substituents is 1. The molecule has 1 aliphatic rings. The van der Waals surface area contributed by atoms with Crippen LogP contribution in [0, 0.1) is 20.9 Å². The van der Waals surface area contributed by atoms with Crippen LogP contribution in [0.5, 0.6) is 0 Å². The maximum absolute atomic E-state index is 13.7. The molecule has 0 unspecified atom stereocenters. The molecule has 1 fully saturated rings. The maximum Gasteiger partial charge on any atom is 0.324 e. The number of rotatable bonds is 7. The van der Waals surface area contributed by atoms with Gasteiger partial charge in [0.25, 0.3) is 5.69 Å². The molecule has 162 valence electrons. The molecule has 2 aromatic rings. The molecule has 0 radical (unpaired) electrons. The molecule has 9 heteroatoms. The average molecular weight is 446 g/mol. The van der Waals surface area contributed by atoms with Gasteiger partial charge in [-0.05, 0) is 36.2 Å². The van der Waals surface area contributed by atoms with E-state index >= 15 is 0 Å². The van der Waals surface area contributed by atoms with Crippen molar-refractivity contribution < 1.29 is 28.8 Å². The Morgan fingerprint density at radius 1 is 1.00 bits per heavy atom. The molecular formula is C22H20ClNO7. The quantitative estimate of drug-likeness (QED) is 0.208. The summed E-state index contributed by atoms with van der Waals surface area (Å²) in [6, 6.07) is 11.5. The zero-order valence-corrected chi connectivity index (χ0v) is 17.8. The second-order valence-electron chi connectivity index (χ2n) is 7.23. The lowest BCUT2D eigenvalue weighted by Gasteiger charge is -2.20. The number of carbonyl (C=O) groups is 3. The molecule has 0 spiro atoms. The standard InChI is InChI=1S/C22H20ClNO7/c1-4-21(18(25)14-5-9-15(23)10-6-14)17(13-7-11-16(12-8-13)24(28)29)22(21,19(26)30-2)20(27)31-3/h5-12,17H,4H2,1-3H3/t17-,21-/m1/s1. The fraction of sp³-hybridized carbons (Fsp3) is 0.318. The molecule has 0 amide bonds. The number of hydrogen-bond acceptors (Lipinski definition) is 7. The topological polar surface area (TPSA) is 113 Å². The Kier molecular flexibility index (Phi) is 5.87. The molecule has 1 aliphatic carbocycles. The smallest absolute Gasteiger partial charge is 0.324 e. The lowest BCUT2D eigenvalue weighted by molar-refractivity contribution is -0.384. The van der Waals surface area contributed by atoms with Crippen LogP contribution in [0.4, 0.5) is 5.69 Å². The van der Waals surface area contributed by atoms with Crippen molar-refractivity contribution >= 4 is 35.0 Å². The third kappa shape index (κ3) is 3.09. The Morgan fingerprint density at radius 2 is 1.52 bits per heavy atom. The SMILES string of the molecule is CC[C@]1(C(=O)c2ccc(Cl)cc2)[C@@H](c2ccc([N+](=O)[O-])cc2)C1(C(=O)OC)C(=O)OC. The van der Waals surface area contributed by atoms with E-state index in [2.05, 4.69) is 0 Å². The van der Waals surface area contributed by atoms with Crippen LogP contribution in [0.1, 0.15) is 35.2 Å². The Balaban J connectivity index is 2.24. The van der Waals surface area contributed by atoms with Crippen molar-refractivity contribution in [1.82, 2.24) is 0 Å². The fourth-order valence-electron chi connectivity index (χ4n) is 4.68. The van der Waals surface area contributed by atoms with Crippen LogP contribution in [0.15, 0.2) is 48.5 Å². The van der Waals surface area contributed by atoms with Gasteiger partial charge in [0.15, 0.2) is 11.2 Å². The number of halogens is 1. The first-order valence-corrected chi connectivity index (χ1v) is 9.81. The van der Waals surface area contributed by atoms with Gasteiger partial charge in [-0.3, -0.25) is 24.5 Å². The van der Waals surface area contributed by atoms with E-state index in [1.807, 2.05) is 0 Å². The molecule has 1 saturated carbocycles. The van der Waals surface area contributed by atoms with Crippen molar-refractivity contribution in [2.24, 2.45) is 10.8 Å². The molecule has 0 aliphatic heterocycles. The summed E-state index contributed by atoms with van der Waals surface area (Å²) >= 11 is 5.93. The van der Waals surface area contributed by atoms with E-state index in [0.29, 0.717) is 10.6 Å². The van der Waals surface area contributed by atoms with Gasteiger partial charge in [-0.2, -0.15) is 0 Å². The van der Waals surface area contributed by atoms with Gasteiger partial charge in [0.2, 0.25) is 0 Å². The highest BCUT2D eigenvalue weighted by Crippen LogP contribution is 2.77. The summed E-state index contributed by atoms with van der Waals surface area (Å²) in [5, 5.41) is 11.5. The van der Waals surface area contributed by atoms with Crippen molar-refractivity contribution in [3.8, 4) is 0 Å². The van der Waals surface area contributed by atoms with Gasteiger partial charge in [-0.15, -0.1) is 0 Å². The van der Waals surface area contributed by atoms with E-state index < -0.39 is 39.4 Å². The number of ether oxygens (including phenoxy) is 2. The van der Waals surface area contributed by atoms with Crippen LogP contribution in [0.25, 0.3) is 0 Å². The summed E-state index contributed by atoms with van der Waals surface area (Å²) in [5.41, 5.74) is -2.87. The number of nitro benzene ring substituents is 1. The van der Waals surface area contributed by atoms with Gasteiger partial charge in [-0.25, -0.2) is 0 Å². The van der Waals surface area contributed by atoms with Gasteiger partial charge in [0.05, 0.1) is 24.6 Å². The van der Waals surface area contributed by atoms with E-state index in [0.717, 1.165) is 14.2 Å². The van der Waals surface area contributed by atoms with E-state index in [-0.39, 0.29) is 17.7 Å². The number of methoxy groups -OCH3 is 2. The maximum atomic E-state index is 13.7. The molecule has 2 atom stereocenters. The van der Waals surface area contributed by atoms with Gasteiger partial charge < -0.3 is 9.47 Å². The normalized spacial score (nSPS) is 21.1. The first-order valence-electron chi connectivity index (χ1n) is 9.43. The molecule has 0 N–H and O–H groups in total. The summed E-state index contributed by atoms with van der Waals surface area (Å²) in [5.74, 6) is -3.15. The molecular weight excluding hydrogens is 426 g/mol. The lowest BCUT2D eigenvalue weighted by Crippen LogP contribution is -2.37. The van der Waals surface area contributed by atoms with Crippen LogP contribution in [-0.2, 0) is 19.1 Å². The fourth-order valence-corrected chi connectivity index (χ4v) is 4.80. The van der Waals surface area contributed by atoms with E-state index in [4.69, 9.17) is 21.1 Å². The third-order valence-electron chi connectivity index (χ3n) is 6.07. The minimum Gasteiger partial charge on any atom is -0.468 e. The molecule has 31 heavy (non-hydrogen) atoms. The number of carbonyl (C=O) groups excluding carboxylic acids is 3. The van der Waals surface area contributed by atoms with E-state index in [1.165, 1.54) is 36.4 Å². The monoisotopic (exact) mass is 445 g/mol. The van der Waals surface area contributed by atoms with Crippen molar-refractivity contribution in [2.45, 2.75) is 19.3 Å². The number of nitro groups is 1. The number of Topliss-reactive ketones (excluding diaryl/α,β-unsaturated/α-hetero) is 1. The van der Waals surface area contributed by atoms with Crippen LogP contribution in [-0.4, -0.2) is 36.9 Å². The summed E-state index contributed by atoms with van der Waals surface area (Å²) in [6.45, 7) is 1.69. The van der Waals surface area contributed by atoms with Crippen LogP contribution >= 0.6 is 11.6 Å². The van der Waals surface area contributed by atoms with Gasteiger partial charge in [0.1, 0.15) is 0 Å². The van der Waals surface area contributed by atoms with Gasteiger partial charge in [-0.1, -0.05) is 30.7 Å². The number of ketones is 1. The second kappa shape index (κ2) is 8.11. The van der Waals surface area contributed by atoms with Crippen LogP contribution in [0.2, 0.25) is 5.02 Å². The summed E-state index contributed by atoms with van der Waals surface area (Å²) < 4.78 is 9.91. The Labute approximate surface area is 183 Å². The molecule has 0 bridgehead atoms. The zero-order valence-electron chi connectivity index (χ0n) is 17.1. The predicted octanol–water partition coefficient (Wildman–Crippen LogP) is 3.96. The first-order chi connectivity index (χ1) is 14.7. The van der Waals surface area contributed by atoms with Crippen molar-refractivity contribution in [2.75, 3.05) is 14.2 Å². The highest BCUT2D eigenvalue weighted by molar-refractivity contribution is 6.30. The highest BCUT2D eigenvalue weighted by Gasteiger charge is 2.88. The Morgan fingerprint density at radius 3 is 1.94 bits per heavy atom. The average Bonchev–Trinajstić information content (AvgIpc) is 3.43. The lowest BCUT2D eigenvalue weighted by atomic mass is 9.83. The number of nitrogens with zero attached hydrogens (tertiary/aromatic N) is 1.